The molecule has 2 fully saturated rings. The lowest BCUT2D eigenvalue weighted by Gasteiger charge is -2.10. The normalized spacial score (nSPS) is 17.6. The zero-order valence-corrected chi connectivity index (χ0v) is 17.2. The van der Waals surface area contributed by atoms with E-state index in [1.54, 1.807) is 6.07 Å². The van der Waals surface area contributed by atoms with Gasteiger partial charge in [0.2, 0.25) is 11.8 Å². The van der Waals surface area contributed by atoms with E-state index in [0.29, 0.717) is 51.7 Å². The summed E-state index contributed by atoms with van der Waals surface area (Å²) in [5, 5.41) is 6.36. The maximum Gasteiger partial charge on any atom is 0.229 e. The van der Waals surface area contributed by atoms with Gasteiger partial charge in [-0.3, -0.25) is 4.79 Å². The third kappa shape index (κ3) is 3.62. The molecule has 6 rings (SSSR count). The van der Waals surface area contributed by atoms with E-state index in [-0.39, 0.29) is 17.6 Å². The SMILES string of the molecule is [2H]C([2H])([2H])Nc1ncc(-c2nc3cc(OCC4CC4)ccc3o2)c2cc(NC(=O)C3CC3)ncc12. The summed E-state index contributed by atoms with van der Waals surface area (Å²) in [6.07, 6.45) is 7.17. The quantitative estimate of drug-likeness (QED) is 0.439. The van der Waals surface area contributed by atoms with Crippen molar-refractivity contribution in [3.05, 3.63) is 36.7 Å². The summed E-state index contributed by atoms with van der Waals surface area (Å²) in [4.78, 5) is 25.6. The molecule has 0 atom stereocenters. The van der Waals surface area contributed by atoms with Crippen LogP contribution < -0.4 is 15.4 Å². The van der Waals surface area contributed by atoms with E-state index >= 15 is 0 Å². The van der Waals surface area contributed by atoms with Gasteiger partial charge in [0.25, 0.3) is 0 Å². The number of nitrogens with one attached hydrogen (secondary N) is 2. The molecule has 8 nitrogen and oxygen atoms in total. The molecule has 0 radical (unpaired) electrons. The van der Waals surface area contributed by atoms with E-state index in [1.165, 1.54) is 25.2 Å². The Kier molecular flexibility index (Phi) is 3.74. The van der Waals surface area contributed by atoms with Crippen molar-refractivity contribution in [1.82, 2.24) is 15.0 Å². The Bertz CT molecular complexity index is 1440. The highest BCUT2D eigenvalue weighted by atomic mass is 16.5. The summed E-state index contributed by atoms with van der Waals surface area (Å²) < 4.78 is 34.6. The fourth-order valence-electron chi connectivity index (χ4n) is 3.66. The van der Waals surface area contributed by atoms with Crippen LogP contribution in [0, 0.1) is 11.8 Å². The van der Waals surface area contributed by atoms with Crippen LogP contribution in [0.1, 0.15) is 29.8 Å². The van der Waals surface area contributed by atoms with Crippen molar-refractivity contribution in [2.75, 3.05) is 24.2 Å². The Hall–Kier alpha value is -3.68. The summed E-state index contributed by atoms with van der Waals surface area (Å²) >= 11 is 0. The van der Waals surface area contributed by atoms with E-state index in [1.807, 2.05) is 18.2 Å². The number of ether oxygens (including phenoxy) is 1. The maximum atomic E-state index is 12.3. The molecule has 0 unspecified atom stereocenters. The Morgan fingerprint density at radius 3 is 2.91 bits per heavy atom. The van der Waals surface area contributed by atoms with Crippen molar-refractivity contribution in [3.8, 4) is 17.2 Å². The molecule has 0 bridgehead atoms. The second-order valence-electron chi connectivity index (χ2n) is 8.43. The Morgan fingerprint density at radius 1 is 1.19 bits per heavy atom. The Balaban J connectivity index is 1.40. The highest BCUT2D eigenvalue weighted by Crippen LogP contribution is 2.36. The molecular weight excluding hydrogens is 406 g/mol. The van der Waals surface area contributed by atoms with Gasteiger partial charge in [0, 0.05) is 46.2 Å². The first kappa shape index (κ1) is 16.0. The summed E-state index contributed by atoms with van der Waals surface area (Å²) in [7, 11) is 0. The highest BCUT2D eigenvalue weighted by Gasteiger charge is 2.30. The molecule has 162 valence electrons. The fourth-order valence-corrected chi connectivity index (χ4v) is 3.66. The summed E-state index contributed by atoms with van der Waals surface area (Å²) in [6, 6.07) is 7.20. The molecule has 2 aliphatic carbocycles. The molecular formula is C24H23N5O3. The van der Waals surface area contributed by atoms with Gasteiger partial charge in [-0.2, -0.15) is 0 Å². The largest absolute Gasteiger partial charge is 0.493 e. The molecule has 32 heavy (non-hydrogen) atoms. The van der Waals surface area contributed by atoms with Crippen LogP contribution in [0.4, 0.5) is 11.6 Å². The zero-order chi connectivity index (χ0) is 24.2. The zero-order valence-electron chi connectivity index (χ0n) is 20.2. The number of rotatable bonds is 7. The van der Waals surface area contributed by atoms with Gasteiger partial charge in [-0.25, -0.2) is 15.0 Å². The van der Waals surface area contributed by atoms with Crippen molar-refractivity contribution < 1.29 is 18.1 Å². The van der Waals surface area contributed by atoms with E-state index in [9.17, 15) is 4.79 Å². The number of hydrogen-bond acceptors (Lipinski definition) is 7. The number of nitrogens with zero attached hydrogens (tertiary/aromatic N) is 3. The molecule has 3 aromatic heterocycles. The Labute approximate surface area is 188 Å². The van der Waals surface area contributed by atoms with Gasteiger partial charge in [-0.1, -0.05) is 0 Å². The predicted molar refractivity (Wildman–Crippen MR) is 122 cm³/mol. The van der Waals surface area contributed by atoms with Crippen LogP contribution in [0.2, 0.25) is 0 Å². The summed E-state index contributed by atoms with van der Waals surface area (Å²) in [5.74, 6) is 2.17. The Morgan fingerprint density at radius 2 is 2.09 bits per heavy atom. The molecule has 0 saturated heterocycles. The van der Waals surface area contributed by atoms with Crippen LogP contribution in [0.15, 0.2) is 41.1 Å². The number of oxazole rings is 1. The van der Waals surface area contributed by atoms with Crippen LogP contribution in [0.3, 0.4) is 0 Å². The maximum absolute atomic E-state index is 12.3. The molecule has 1 aromatic carbocycles. The molecule has 2 N–H and O–H groups in total. The topological polar surface area (TPSA) is 102 Å². The lowest BCUT2D eigenvalue weighted by molar-refractivity contribution is -0.117. The number of hydrogen-bond donors (Lipinski definition) is 2. The van der Waals surface area contributed by atoms with E-state index < -0.39 is 6.98 Å². The highest BCUT2D eigenvalue weighted by molar-refractivity contribution is 6.03. The molecule has 8 heteroatoms. The lowest BCUT2D eigenvalue weighted by atomic mass is 10.1. The fraction of sp³-hybridized carbons (Fsp3) is 0.333. The minimum atomic E-state index is -2.44. The minimum Gasteiger partial charge on any atom is -0.493 e. The molecule has 3 heterocycles. The smallest absolute Gasteiger partial charge is 0.229 e. The molecule has 4 aromatic rings. The second-order valence-corrected chi connectivity index (χ2v) is 8.43. The minimum absolute atomic E-state index is 0.0190. The number of fused-ring (bicyclic) bond motifs is 2. The number of pyridine rings is 2. The van der Waals surface area contributed by atoms with Crippen molar-refractivity contribution in [1.29, 1.82) is 0 Å². The van der Waals surface area contributed by atoms with Crippen LogP contribution in [0.25, 0.3) is 33.3 Å². The first-order valence-corrected chi connectivity index (χ1v) is 10.7. The number of anilines is 2. The first-order chi connectivity index (χ1) is 16.8. The second kappa shape index (κ2) is 7.47. The van der Waals surface area contributed by atoms with Gasteiger partial charge in [-0.15, -0.1) is 0 Å². The van der Waals surface area contributed by atoms with E-state index in [4.69, 9.17) is 13.3 Å². The monoisotopic (exact) mass is 432 g/mol. The van der Waals surface area contributed by atoms with Gasteiger partial charge in [-0.05, 0) is 49.8 Å². The van der Waals surface area contributed by atoms with Gasteiger partial charge in [0.05, 0.1) is 12.2 Å². The van der Waals surface area contributed by atoms with E-state index in [2.05, 4.69) is 25.6 Å². The number of benzene rings is 1. The number of amides is 1. The molecule has 0 aliphatic heterocycles. The number of carbonyl (C=O) groups excluding carboxylic acids is 1. The van der Waals surface area contributed by atoms with E-state index in [0.717, 1.165) is 18.6 Å². The average Bonchev–Trinajstić information content (AvgIpc) is 3.73. The van der Waals surface area contributed by atoms with Crippen LogP contribution in [-0.4, -0.2) is 34.4 Å². The molecule has 0 spiro atoms. The van der Waals surface area contributed by atoms with Crippen LogP contribution in [-0.2, 0) is 4.79 Å². The van der Waals surface area contributed by atoms with Crippen LogP contribution >= 0.6 is 0 Å². The van der Waals surface area contributed by atoms with Crippen molar-refractivity contribution in [2.24, 2.45) is 11.8 Å². The van der Waals surface area contributed by atoms with Crippen molar-refractivity contribution in [3.63, 3.8) is 0 Å². The lowest BCUT2D eigenvalue weighted by Crippen LogP contribution is -2.14. The summed E-state index contributed by atoms with van der Waals surface area (Å²) in [6.45, 7) is -1.74. The van der Waals surface area contributed by atoms with Gasteiger partial charge in [0.1, 0.15) is 22.9 Å². The third-order valence-electron chi connectivity index (χ3n) is 5.86. The van der Waals surface area contributed by atoms with Crippen molar-refractivity contribution >= 4 is 39.4 Å². The first-order valence-electron chi connectivity index (χ1n) is 12.2. The number of aromatic nitrogens is 3. The van der Waals surface area contributed by atoms with Crippen molar-refractivity contribution in [2.45, 2.75) is 25.7 Å². The van der Waals surface area contributed by atoms with Gasteiger partial charge in [0.15, 0.2) is 5.58 Å². The van der Waals surface area contributed by atoms with Gasteiger partial charge >= 0.3 is 0 Å². The molecule has 2 saturated carbocycles. The summed E-state index contributed by atoms with van der Waals surface area (Å²) in [5.41, 5.74) is 1.78. The average molecular weight is 432 g/mol. The van der Waals surface area contributed by atoms with Crippen LogP contribution in [0.5, 0.6) is 5.75 Å². The number of carbonyl (C=O) groups is 1. The van der Waals surface area contributed by atoms with Gasteiger partial charge < -0.3 is 19.8 Å². The molecule has 1 amide bonds. The standard InChI is InChI=1S/C24H23N5O3/c1-25-22-17-10-26-21(29-23(30)14-4-5-14)9-16(17)18(11-27-22)24-28-19-8-15(6-7-20(19)32-24)31-12-13-2-3-13/h6-11,13-14H,2-5,12H2,1H3,(H,25,27)(H,26,29,30)/i1D3. The predicted octanol–water partition coefficient (Wildman–Crippen LogP) is 4.62. The molecule has 2 aliphatic rings. The third-order valence-corrected chi connectivity index (χ3v) is 5.86.